The molecule has 2 rings (SSSR count). The van der Waals surface area contributed by atoms with Gasteiger partial charge >= 0.3 is 5.97 Å². The van der Waals surface area contributed by atoms with E-state index in [1.165, 1.54) is 12.1 Å². The van der Waals surface area contributed by atoms with Crippen LogP contribution in [0.4, 0.5) is 11.4 Å². The standard InChI is InChI=1S/C18H22N2O4S/c1-11-8-13(3)17(9-12(11)2)25(23,24)19-15-10-14(18(21)22)6-7-16(15)20(4)5/h6-10,19H,1-5H3,(H,21,22). The first kappa shape index (κ1) is 18.8. The topological polar surface area (TPSA) is 86.7 Å². The molecule has 2 aromatic rings. The number of carboxylic acids is 1. The molecule has 0 unspecified atom stereocenters. The van der Waals surface area contributed by atoms with Crippen molar-refractivity contribution in [2.75, 3.05) is 23.7 Å². The highest BCUT2D eigenvalue weighted by Gasteiger charge is 2.21. The minimum Gasteiger partial charge on any atom is -0.478 e. The number of sulfonamides is 1. The molecule has 0 aliphatic rings. The molecule has 0 aliphatic heterocycles. The molecule has 0 bridgehead atoms. The number of benzene rings is 2. The van der Waals surface area contributed by atoms with Gasteiger partial charge in [-0.15, -0.1) is 0 Å². The van der Waals surface area contributed by atoms with Crippen molar-refractivity contribution in [2.45, 2.75) is 25.7 Å². The summed E-state index contributed by atoms with van der Waals surface area (Å²) < 4.78 is 28.3. The normalized spacial score (nSPS) is 11.2. The average Bonchev–Trinajstić information content (AvgIpc) is 2.49. The van der Waals surface area contributed by atoms with Crippen molar-refractivity contribution in [3.63, 3.8) is 0 Å². The fraction of sp³-hybridized carbons (Fsp3) is 0.278. The first-order chi connectivity index (χ1) is 11.5. The summed E-state index contributed by atoms with van der Waals surface area (Å²) in [5.41, 5.74) is 3.34. The molecule has 0 fully saturated rings. The molecule has 0 radical (unpaired) electrons. The van der Waals surface area contributed by atoms with E-state index in [1.54, 1.807) is 38.1 Å². The Balaban J connectivity index is 2.56. The van der Waals surface area contributed by atoms with Crippen LogP contribution in [0.25, 0.3) is 0 Å². The third kappa shape index (κ3) is 3.93. The van der Waals surface area contributed by atoms with E-state index in [4.69, 9.17) is 0 Å². The van der Waals surface area contributed by atoms with E-state index in [0.29, 0.717) is 11.3 Å². The third-order valence-electron chi connectivity index (χ3n) is 4.05. The molecule has 0 saturated heterocycles. The maximum absolute atomic E-state index is 12.9. The van der Waals surface area contributed by atoms with Gasteiger partial charge in [0.25, 0.3) is 10.0 Å². The maximum atomic E-state index is 12.9. The Morgan fingerprint density at radius 3 is 2.16 bits per heavy atom. The Labute approximate surface area is 148 Å². The molecule has 0 aliphatic carbocycles. The van der Waals surface area contributed by atoms with Crippen LogP contribution in [-0.2, 0) is 10.0 Å². The number of hydrogen-bond acceptors (Lipinski definition) is 4. The number of nitrogens with zero attached hydrogens (tertiary/aromatic N) is 1. The van der Waals surface area contributed by atoms with Gasteiger partial charge in [-0.3, -0.25) is 4.72 Å². The molecule has 0 aromatic heterocycles. The van der Waals surface area contributed by atoms with Crippen molar-refractivity contribution in [3.8, 4) is 0 Å². The lowest BCUT2D eigenvalue weighted by Gasteiger charge is -2.20. The second kappa shape index (κ2) is 6.76. The zero-order valence-corrected chi connectivity index (χ0v) is 15.7. The number of nitrogens with one attached hydrogen (secondary N) is 1. The highest BCUT2D eigenvalue weighted by atomic mass is 32.2. The Kier molecular flexibility index (Phi) is 5.08. The van der Waals surface area contributed by atoms with Crippen LogP contribution < -0.4 is 9.62 Å². The van der Waals surface area contributed by atoms with Crippen LogP contribution >= 0.6 is 0 Å². The van der Waals surface area contributed by atoms with Crippen LogP contribution in [-0.4, -0.2) is 33.6 Å². The van der Waals surface area contributed by atoms with E-state index >= 15 is 0 Å². The molecule has 6 nitrogen and oxygen atoms in total. The number of hydrogen-bond donors (Lipinski definition) is 2. The number of anilines is 2. The van der Waals surface area contributed by atoms with Crippen molar-refractivity contribution < 1.29 is 18.3 Å². The summed E-state index contributed by atoms with van der Waals surface area (Å²) in [6, 6.07) is 7.80. The lowest BCUT2D eigenvalue weighted by atomic mass is 10.1. The Bertz CT molecular complexity index is 934. The fourth-order valence-electron chi connectivity index (χ4n) is 2.56. The van der Waals surface area contributed by atoms with Gasteiger partial charge in [-0.1, -0.05) is 6.07 Å². The number of aryl methyl sites for hydroxylation is 3. The predicted molar refractivity (Wildman–Crippen MR) is 99.2 cm³/mol. The molecule has 134 valence electrons. The quantitative estimate of drug-likeness (QED) is 0.853. The molecule has 0 amide bonds. The maximum Gasteiger partial charge on any atom is 0.335 e. The summed E-state index contributed by atoms with van der Waals surface area (Å²) in [6.07, 6.45) is 0. The molecule has 25 heavy (non-hydrogen) atoms. The number of carboxylic acid groups (broad SMARTS) is 1. The summed E-state index contributed by atoms with van der Waals surface area (Å²) >= 11 is 0. The summed E-state index contributed by atoms with van der Waals surface area (Å²) in [4.78, 5) is 13.1. The van der Waals surface area contributed by atoms with Crippen molar-refractivity contribution >= 4 is 27.4 Å². The minimum absolute atomic E-state index is 0.0140. The van der Waals surface area contributed by atoms with Gasteiger partial charge in [-0.25, -0.2) is 13.2 Å². The van der Waals surface area contributed by atoms with E-state index in [-0.39, 0.29) is 16.1 Å². The van der Waals surface area contributed by atoms with Gasteiger partial charge in [0.15, 0.2) is 0 Å². The van der Waals surface area contributed by atoms with Crippen molar-refractivity contribution in [1.82, 2.24) is 0 Å². The second-order valence-corrected chi connectivity index (χ2v) is 7.89. The first-order valence-corrected chi connectivity index (χ1v) is 9.16. The zero-order valence-electron chi connectivity index (χ0n) is 14.9. The number of carbonyl (C=O) groups is 1. The van der Waals surface area contributed by atoms with Crippen LogP contribution in [0.2, 0.25) is 0 Å². The molecular weight excluding hydrogens is 340 g/mol. The van der Waals surface area contributed by atoms with E-state index < -0.39 is 16.0 Å². The van der Waals surface area contributed by atoms with E-state index in [9.17, 15) is 18.3 Å². The summed E-state index contributed by atoms with van der Waals surface area (Å²) in [5.74, 6) is -1.12. The first-order valence-electron chi connectivity index (χ1n) is 7.68. The molecule has 2 N–H and O–H groups in total. The molecular formula is C18H22N2O4S. The minimum atomic E-state index is -3.85. The molecule has 2 aromatic carbocycles. The predicted octanol–water partition coefficient (Wildman–Crippen LogP) is 3.18. The van der Waals surface area contributed by atoms with Gasteiger partial charge in [0.1, 0.15) is 0 Å². The van der Waals surface area contributed by atoms with Gasteiger partial charge in [0.2, 0.25) is 0 Å². The largest absolute Gasteiger partial charge is 0.478 e. The van der Waals surface area contributed by atoms with Gasteiger partial charge < -0.3 is 10.0 Å². The second-order valence-electron chi connectivity index (χ2n) is 6.24. The van der Waals surface area contributed by atoms with Gasteiger partial charge in [-0.2, -0.15) is 0 Å². The monoisotopic (exact) mass is 362 g/mol. The van der Waals surface area contributed by atoms with Crippen LogP contribution in [0, 0.1) is 20.8 Å². The van der Waals surface area contributed by atoms with Crippen molar-refractivity contribution in [1.29, 1.82) is 0 Å². The Morgan fingerprint density at radius 2 is 1.60 bits per heavy atom. The van der Waals surface area contributed by atoms with E-state index in [0.717, 1.165) is 11.1 Å². The SMILES string of the molecule is Cc1cc(C)c(S(=O)(=O)Nc2cc(C(=O)O)ccc2N(C)C)cc1C. The van der Waals surface area contributed by atoms with Crippen LogP contribution in [0.1, 0.15) is 27.0 Å². The summed E-state index contributed by atoms with van der Waals surface area (Å²) in [6.45, 7) is 5.51. The molecule has 0 spiro atoms. The number of rotatable bonds is 5. The lowest BCUT2D eigenvalue weighted by molar-refractivity contribution is 0.0697. The molecule has 0 heterocycles. The smallest absolute Gasteiger partial charge is 0.335 e. The van der Waals surface area contributed by atoms with Gasteiger partial charge in [-0.05, 0) is 61.7 Å². The van der Waals surface area contributed by atoms with Crippen LogP contribution in [0.15, 0.2) is 35.2 Å². The zero-order chi connectivity index (χ0) is 18.9. The van der Waals surface area contributed by atoms with Crippen LogP contribution in [0.3, 0.4) is 0 Å². The van der Waals surface area contributed by atoms with E-state index in [1.807, 2.05) is 19.9 Å². The summed E-state index contributed by atoms with van der Waals surface area (Å²) in [5, 5.41) is 9.17. The van der Waals surface area contributed by atoms with Crippen molar-refractivity contribution in [3.05, 3.63) is 52.6 Å². The number of aromatic carboxylic acids is 1. The molecule has 7 heteroatoms. The fourth-order valence-corrected chi connectivity index (χ4v) is 3.94. The average molecular weight is 362 g/mol. The van der Waals surface area contributed by atoms with Crippen molar-refractivity contribution in [2.24, 2.45) is 0 Å². The molecule has 0 atom stereocenters. The van der Waals surface area contributed by atoms with Gasteiger partial charge in [0, 0.05) is 14.1 Å². The van der Waals surface area contributed by atoms with Crippen LogP contribution in [0.5, 0.6) is 0 Å². The third-order valence-corrected chi connectivity index (χ3v) is 5.56. The van der Waals surface area contributed by atoms with Gasteiger partial charge in [0.05, 0.1) is 21.8 Å². The Hall–Kier alpha value is -2.54. The highest BCUT2D eigenvalue weighted by Crippen LogP contribution is 2.29. The van der Waals surface area contributed by atoms with E-state index in [2.05, 4.69) is 4.72 Å². The lowest BCUT2D eigenvalue weighted by Crippen LogP contribution is -2.19. The summed E-state index contributed by atoms with van der Waals surface area (Å²) in [7, 11) is -0.334. The molecule has 0 saturated carbocycles. The Morgan fingerprint density at radius 1 is 1.00 bits per heavy atom. The highest BCUT2D eigenvalue weighted by molar-refractivity contribution is 7.92.